The van der Waals surface area contributed by atoms with Crippen molar-refractivity contribution in [1.82, 2.24) is 4.90 Å². The average Bonchev–Trinajstić information content (AvgIpc) is 2.72. The Bertz CT molecular complexity index is 337. The molecule has 1 aliphatic rings. The summed E-state index contributed by atoms with van der Waals surface area (Å²) in [5.41, 5.74) is 1.37. The summed E-state index contributed by atoms with van der Waals surface area (Å²) in [5, 5.41) is 0. The van der Waals surface area contributed by atoms with Crippen LogP contribution in [0, 0.1) is 0 Å². The van der Waals surface area contributed by atoms with Gasteiger partial charge in [0, 0.05) is 6.54 Å². The predicted octanol–water partition coefficient (Wildman–Crippen LogP) is 2.46. The fourth-order valence-corrected chi connectivity index (χ4v) is 1.91. The van der Waals surface area contributed by atoms with Crippen LogP contribution in [0.3, 0.4) is 0 Å². The van der Waals surface area contributed by atoms with E-state index < -0.39 is 0 Å². The summed E-state index contributed by atoms with van der Waals surface area (Å²) in [6, 6.07) is 10.4. The molecule has 0 N–H and O–H groups in total. The molecule has 1 fully saturated rings. The number of aryl methyl sites for hydroxylation is 1. The van der Waals surface area contributed by atoms with Gasteiger partial charge in [0.2, 0.25) is 0 Å². The van der Waals surface area contributed by atoms with E-state index in [1.807, 2.05) is 6.07 Å². The molecule has 0 saturated carbocycles. The van der Waals surface area contributed by atoms with Crippen LogP contribution in [0.1, 0.15) is 18.4 Å². The van der Waals surface area contributed by atoms with Crippen LogP contribution in [0.2, 0.25) is 0 Å². The summed E-state index contributed by atoms with van der Waals surface area (Å²) >= 11 is 0. The van der Waals surface area contributed by atoms with Crippen LogP contribution < -0.4 is 0 Å². The lowest BCUT2D eigenvalue weighted by Gasteiger charge is -2.11. The number of unbranched alkanes of at least 4 members (excludes halogenated alkanes) is 1. The Labute approximate surface area is 96.0 Å². The highest BCUT2D eigenvalue weighted by Crippen LogP contribution is 2.08. The van der Waals surface area contributed by atoms with Gasteiger partial charge in [-0.3, -0.25) is 0 Å². The van der Waals surface area contributed by atoms with Gasteiger partial charge in [0.05, 0.1) is 6.54 Å². The molecule has 0 radical (unpaired) electrons. The molecule has 0 aromatic heterocycles. The van der Waals surface area contributed by atoms with Gasteiger partial charge in [-0.05, 0) is 24.8 Å². The topological polar surface area (TPSA) is 29.5 Å². The van der Waals surface area contributed by atoms with Gasteiger partial charge in [-0.1, -0.05) is 30.3 Å². The number of rotatable bonds is 5. The first-order chi connectivity index (χ1) is 7.86. The fraction of sp³-hybridized carbons (Fsp3) is 0.462. The maximum absolute atomic E-state index is 11.1. The maximum atomic E-state index is 11.1. The Morgan fingerprint density at radius 3 is 2.69 bits per heavy atom. The van der Waals surface area contributed by atoms with Crippen molar-refractivity contribution in [2.24, 2.45) is 0 Å². The van der Waals surface area contributed by atoms with Crippen molar-refractivity contribution in [2.45, 2.75) is 19.3 Å². The number of ether oxygens (including phenoxy) is 1. The van der Waals surface area contributed by atoms with E-state index in [1.54, 1.807) is 4.90 Å². The lowest BCUT2D eigenvalue weighted by Crippen LogP contribution is -2.25. The first-order valence-corrected chi connectivity index (χ1v) is 5.82. The number of amides is 1. The van der Waals surface area contributed by atoms with Gasteiger partial charge in [-0.15, -0.1) is 0 Å². The number of hydrogen-bond acceptors (Lipinski definition) is 2. The Morgan fingerprint density at radius 1 is 1.19 bits per heavy atom. The van der Waals surface area contributed by atoms with Crippen molar-refractivity contribution in [3.63, 3.8) is 0 Å². The van der Waals surface area contributed by atoms with E-state index in [-0.39, 0.29) is 6.09 Å². The SMILES string of the molecule is O=C1OCCN1CCCCc1ccccc1. The van der Waals surface area contributed by atoms with Crippen LogP contribution >= 0.6 is 0 Å². The van der Waals surface area contributed by atoms with Crippen molar-refractivity contribution in [2.75, 3.05) is 19.7 Å². The van der Waals surface area contributed by atoms with Crippen molar-refractivity contribution >= 4 is 6.09 Å². The molecule has 0 bridgehead atoms. The second kappa shape index (κ2) is 5.54. The zero-order valence-corrected chi connectivity index (χ0v) is 9.39. The fourth-order valence-electron chi connectivity index (χ4n) is 1.91. The molecule has 86 valence electrons. The first kappa shape index (κ1) is 11.0. The maximum Gasteiger partial charge on any atom is 0.409 e. The summed E-state index contributed by atoms with van der Waals surface area (Å²) in [7, 11) is 0. The number of hydrogen-bond donors (Lipinski definition) is 0. The van der Waals surface area contributed by atoms with E-state index >= 15 is 0 Å². The summed E-state index contributed by atoms with van der Waals surface area (Å²) < 4.78 is 4.87. The van der Waals surface area contributed by atoms with Crippen LogP contribution in [-0.2, 0) is 11.2 Å². The standard InChI is InChI=1S/C13H17NO2/c15-13-14(10-11-16-13)9-5-4-8-12-6-2-1-3-7-12/h1-3,6-7H,4-5,8-11H2. The number of carbonyl (C=O) groups excluding carboxylic acids is 1. The van der Waals surface area contributed by atoms with Gasteiger partial charge in [-0.25, -0.2) is 4.79 Å². The van der Waals surface area contributed by atoms with Crippen LogP contribution in [0.15, 0.2) is 30.3 Å². The molecule has 0 aliphatic carbocycles. The number of benzene rings is 1. The Kier molecular flexibility index (Phi) is 3.81. The van der Waals surface area contributed by atoms with E-state index in [0.29, 0.717) is 6.61 Å². The van der Waals surface area contributed by atoms with Crippen LogP contribution in [0.4, 0.5) is 4.79 Å². The first-order valence-electron chi connectivity index (χ1n) is 5.82. The molecule has 2 rings (SSSR count). The summed E-state index contributed by atoms with van der Waals surface area (Å²) in [4.78, 5) is 12.9. The molecule has 1 heterocycles. The molecule has 3 nitrogen and oxygen atoms in total. The third kappa shape index (κ3) is 2.99. The van der Waals surface area contributed by atoms with Crippen molar-refractivity contribution in [3.05, 3.63) is 35.9 Å². The lowest BCUT2D eigenvalue weighted by atomic mass is 10.1. The molecule has 3 heteroatoms. The molecule has 1 aliphatic heterocycles. The quantitative estimate of drug-likeness (QED) is 0.712. The molecule has 1 aromatic carbocycles. The summed E-state index contributed by atoms with van der Waals surface area (Å²) in [6.07, 6.45) is 3.10. The molecule has 16 heavy (non-hydrogen) atoms. The van der Waals surface area contributed by atoms with Crippen molar-refractivity contribution in [3.8, 4) is 0 Å². The third-order valence-corrected chi connectivity index (χ3v) is 2.83. The van der Waals surface area contributed by atoms with E-state index in [2.05, 4.69) is 24.3 Å². The Hall–Kier alpha value is -1.51. The molecule has 1 amide bonds. The van der Waals surface area contributed by atoms with Gasteiger partial charge in [-0.2, -0.15) is 0 Å². The highest BCUT2D eigenvalue weighted by atomic mass is 16.6. The third-order valence-electron chi connectivity index (χ3n) is 2.83. The zero-order valence-electron chi connectivity index (χ0n) is 9.39. The van der Waals surface area contributed by atoms with Gasteiger partial charge in [0.25, 0.3) is 0 Å². The summed E-state index contributed by atoms with van der Waals surface area (Å²) in [5.74, 6) is 0. The minimum atomic E-state index is -0.153. The Morgan fingerprint density at radius 2 is 2.00 bits per heavy atom. The van der Waals surface area contributed by atoms with Crippen LogP contribution in [0.25, 0.3) is 0 Å². The predicted molar refractivity (Wildman–Crippen MR) is 62.3 cm³/mol. The van der Waals surface area contributed by atoms with E-state index in [0.717, 1.165) is 32.4 Å². The zero-order chi connectivity index (χ0) is 11.2. The highest BCUT2D eigenvalue weighted by Gasteiger charge is 2.20. The minimum absolute atomic E-state index is 0.153. The molecule has 0 spiro atoms. The van der Waals surface area contributed by atoms with Gasteiger partial charge >= 0.3 is 6.09 Å². The second-order valence-corrected chi connectivity index (χ2v) is 4.04. The second-order valence-electron chi connectivity index (χ2n) is 4.04. The average molecular weight is 219 g/mol. The Balaban J connectivity index is 1.64. The number of nitrogens with zero attached hydrogens (tertiary/aromatic N) is 1. The van der Waals surface area contributed by atoms with E-state index in [4.69, 9.17) is 4.74 Å². The largest absolute Gasteiger partial charge is 0.448 e. The molecule has 0 unspecified atom stereocenters. The van der Waals surface area contributed by atoms with E-state index in [9.17, 15) is 4.79 Å². The van der Waals surface area contributed by atoms with Gasteiger partial charge in [0.1, 0.15) is 6.61 Å². The van der Waals surface area contributed by atoms with Crippen molar-refractivity contribution < 1.29 is 9.53 Å². The van der Waals surface area contributed by atoms with Gasteiger partial charge < -0.3 is 9.64 Å². The smallest absolute Gasteiger partial charge is 0.409 e. The summed E-state index contributed by atoms with van der Waals surface area (Å²) in [6.45, 7) is 2.13. The van der Waals surface area contributed by atoms with Gasteiger partial charge in [0.15, 0.2) is 0 Å². The monoisotopic (exact) mass is 219 g/mol. The normalized spacial score (nSPS) is 15.2. The molecular weight excluding hydrogens is 202 g/mol. The van der Waals surface area contributed by atoms with E-state index in [1.165, 1.54) is 5.56 Å². The molecule has 0 atom stereocenters. The van der Waals surface area contributed by atoms with Crippen LogP contribution in [-0.4, -0.2) is 30.7 Å². The molecule has 1 aromatic rings. The minimum Gasteiger partial charge on any atom is -0.448 e. The van der Waals surface area contributed by atoms with Crippen molar-refractivity contribution in [1.29, 1.82) is 0 Å². The van der Waals surface area contributed by atoms with Crippen LogP contribution in [0.5, 0.6) is 0 Å². The number of carbonyl (C=O) groups is 1. The molecular formula is C13H17NO2. The number of cyclic esters (lactones) is 1. The lowest BCUT2D eigenvalue weighted by molar-refractivity contribution is 0.158. The highest BCUT2D eigenvalue weighted by molar-refractivity contribution is 5.69. The molecule has 1 saturated heterocycles.